The van der Waals surface area contributed by atoms with Crippen LogP contribution < -0.4 is 5.73 Å². The first kappa shape index (κ1) is 9.20. The molecule has 0 bridgehead atoms. The Morgan fingerprint density at radius 2 is 2.33 bits per heavy atom. The number of hydrogen-bond acceptors (Lipinski definition) is 2. The van der Waals surface area contributed by atoms with Crippen LogP contribution in [0.5, 0.6) is 0 Å². The fourth-order valence-electron chi connectivity index (χ4n) is 1.17. The lowest BCUT2D eigenvalue weighted by molar-refractivity contribution is 0.664. The zero-order valence-electron chi connectivity index (χ0n) is 7.75. The van der Waals surface area contributed by atoms with Crippen molar-refractivity contribution in [1.82, 2.24) is 4.98 Å². The molecular formula is C10H16N2. The van der Waals surface area contributed by atoms with Gasteiger partial charge in [0.05, 0.1) is 0 Å². The summed E-state index contributed by atoms with van der Waals surface area (Å²) in [6.45, 7) is 4.13. The van der Waals surface area contributed by atoms with Crippen LogP contribution >= 0.6 is 0 Å². The Bertz CT molecular complexity index is 243. The van der Waals surface area contributed by atoms with E-state index < -0.39 is 0 Å². The summed E-state index contributed by atoms with van der Waals surface area (Å²) >= 11 is 0. The van der Waals surface area contributed by atoms with Crippen molar-refractivity contribution in [2.75, 3.05) is 0 Å². The number of nitrogens with two attached hydrogens (primary N) is 1. The molecule has 0 saturated carbocycles. The minimum Gasteiger partial charge on any atom is -0.328 e. The monoisotopic (exact) mass is 164 g/mol. The van der Waals surface area contributed by atoms with E-state index >= 15 is 0 Å². The van der Waals surface area contributed by atoms with E-state index in [0.29, 0.717) is 0 Å². The van der Waals surface area contributed by atoms with Gasteiger partial charge in [-0.25, -0.2) is 0 Å². The van der Waals surface area contributed by atoms with Gasteiger partial charge in [0.15, 0.2) is 0 Å². The van der Waals surface area contributed by atoms with E-state index in [4.69, 9.17) is 5.73 Å². The van der Waals surface area contributed by atoms with Gasteiger partial charge in [0.25, 0.3) is 0 Å². The molecule has 66 valence electrons. The van der Waals surface area contributed by atoms with Crippen molar-refractivity contribution >= 4 is 0 Å². The highest BCUT2D eigenvalue weighted by Crippen LogP contribution is 2.08. The highest BCUT2D eigenvalue weighted by molar-refractivity contribution is 5.21. The summed E-state index contributed by atoms with van der Waals surface area (Å²) in [5, 5.41) is 0. The molecule has 1 aromatic heterocycles. The van der Waals surface area contributed by atoms with Gasteiger partial charge in [-0.15, -0.1) is 0 Å². The molecule has 2 N–H and O–H groups in total. The van der Waals surface area contributed by atoms with Crippen LogP contribution in [-0.2, 0) is 6.42 Å². The molecule has 0 saturated heterocycles. The summed E-state index contributed by atoms with van der Waals surface area (Å²) in [5.41, 5.74) is 8.30. The van der Waals surface area contributed by atoms with Gasteiger partial charge in [-0.3, -0.25) is 4.98 Å². The topological polar surface area (TPSA) is 38.9 Å². The molecule has 0 aliphatic carbocycles. The quantitative estimate of drug-likeness (QED) is 0.738. The van der Waals surface area contributed by atoms with Gasteiger partial charge in [-0.1, -0.05) is 0 Å². The lowest BCUT2D eigenvalue weighted by Crippen LogP contribution is -2.15. The number of nitrogens with zero attached hydrogens (tertiary/aromatic N) is 1. The lowest BCUT2D eigenvalue weighted by atomic mass is 10.0. The summed E-state index contributed by atoms with van der Waals surface area (Å²) in [6, 6.07) is 2.36. The van der Waals surface area contributed by atoms with Crippen molar-refractivity contribution in [2.24, 2.45) is 5.73 Å². The number of pyridine rings is 1. The van der Waals surface area contributed by atoms with Crippen molar-refractivity contribution in [3.63, 3.8) is 0 Å². The Morgan fingerprint density at radius 3 is 2.92 bits per heavy atom. The third-order valence-corrected chi connectivity index (χ3v) is 2.01. The second kappa shape index (κ2) is 4.21. The second-order valence-electron chi connectivity index (χ2n) is 3.32. The van der Waals surface area contributed by atoms with Crippen molar-refractivity contribution in [1.29, 1.82) is 0 Å². The van der Waals surface area contributed by atoms with E-state index in [1.165, 1.54) is 11.1 Å². The fraction of sp³-hybridized carbons (Fsp3) is 0.500. The van der Waals surface area contributed by atoms with Crippen molar-refractivity contribution in [2.45, 2.75) is 32.7 Å². The first-order valence-corrected chi connectivity index (χ1v) is 4.35. The van der Waals surface area contributed by atoms with Crippen LogP contribution in [0.4, 0.5) is 0 Å². The summed E-state index contributed by atoms with van der Waals surface area (Å²) in [4.78, 5) is 4.04. The molecule has 2 nitrogen and oxygen atoms in total. The smallest absolute Gasteiger partial charge is 0.0299 e. The molecule has 0 radical (unpaired) electrons. The first-order valence-electron chi connectivity index (χ1n) is 4.35. The maximum atomic E-state index is 5.67. The van der Waals surface area contributed by atoms with Crippen LogP contribution in [0.1, 0.15) is 24.5 Å². The molecule has 1 rings (SSSR count). The molecule has 1 unspecified atom stereocenters. The standard InChI is InChI=1S/C10H16N2/c1-8-7-12-6-5-10(8)4-3-9(2)11/h5-7,9H,3-4,11H2,1-2H3. The number of rotatable bonds is 3. The zero-order chi connectivity index (χ0) is 8.97. The van der Waals surface area contributed by atoms with E-state index in [9.17, 15) is 0 Å². The largest absolute Gasteiger partial charge is 0.328 e. The lowest BCUT2D eigenvalue weighted by Gasteiger charge is -2.06. The molecule has 2 heteroatoms. The third-order valence-electron chi connectivity index (χ3n) is 2.01. The Labute approximate surface area is 73.8 Å². The van der Waals surface area contributed by atoms with E-state index in [1.54, 1.807) is 0 Å². The molecule has 1 atom stereocenters. The first-order chi connectivity index (χ1) is 5.70. The Kier molecular flexibility index (Phi) is 3.23. The van der Waals surface area contributed by atoms with E-state index in [0.717, 1.165) is 12.8 Å². The molecule has 1 heterocycles. The molecule has 0 spiro atoms. The van der Waals surface area contributed by atoms with E-state index in [-0.39, 0.29) is 6.04 Å². The normalized spacial score (nSPS) is 12.9. The summed E-state index contributed by atoms with van der Waals surface area (Å²) in [7, 11) is 0. The second-order valence-corrected chi connectivity index (χ2v) is 3.32. The molecule has 0 amide bonds. The minimum atomic E-state index is 0.289. The van der Waals surface area contributed by atoms with E-state index in [2.05, 4.69) is 18.0 Å². The SMILES string of the molecule is Cc1cnccc1CCC(C)N. The molecule has 1 aromatic rings. The maximum absolute atomic E-state index is 5.67. The van der Waals surface area contributed by atoms with Crippen molar-refractivity contribution in [3.05, 3.63) is 29.6 Å². The number of aromatic nitrogens is 1. The molecule has 0 aliphatic heterocycles. The van der Waals surface area contributed by atoms with Crippen molar-refractivity contribution < 1.29 is 0 Å². The van der Waals surface area contributed by atoms with Gasteiger partial charge in [0.2, 0.25) is 0 Å². The highest BCUT2D eigenvalue weighted by atomic mass is 14.6. The maximum Gasteiger partial charge on any atom is 0.0299 e. The predicted octanol–water partition coefficient (Wildman–Crippen LogP) is 1.67. The van der Waals surface area contributed by atoms with Crippen LogP contribution in [0.25, 0.3) is 0 Å². The molecular weight excluding hydrogens is 148 g/mol. The minimum absolute atomic E-state index is 0.289. The van der Waals surface area contributed by atoms with Crippen LogP contribution in [0.2, 0.25) is 0 Å². The average molecular weight is 164 g/mol. The Morgan fingerprint density at radius 1 is 1.58 bits per heavy atom. The predicted molar refractivity (Wildman–Crippen MR) is 50.9 cm³/mol. The van der Waals surface area contributed by atoms with Gasteiger partial charge in [-0.05, 0) is 43.9 Å². The van der Waals surface area contributed by atoms with Crippen LogP contribution in [0.3, 0.4) is 0 Å². The van der Waals surface area contributed by atoms with Crippen molar-refractivity contribution in [3.8, 4) is 0 Å². The summed E-state index contributed by atoms with van der Waals surface area (Å²) in [5.74, 6) is 0. The van der Waals surface area contributed by atoms with Gasteiger partial charge in [0.1, 0.15) is 0 Å². The van der Waals surface area contributed by atoms with Gasteiger partial charge in [-0.2, -0.15) is 0 Å². The van der Waals surface area contributed by atoms with Crippen LogP contribution in [0.15, 0.2) is 18.5 Å². The molecule has 0 aromatic carbocycles. The van der Waals surface area contributed by atoms with Crippen LogP contribution in [-0.4, -0.2) is 11.0 Å². The van der Waals surface area contributed by atoms with Crippen LogP contribution in [0, 0.1) is 6.92 Å². The van der Waals surface area contributed by atoms with Gasteiger partial charge >= 0.3 is 0 Å². The number of hydrogen-bond donors (Lipinski definition) is 1. The third kappa shape index (κ3) is 2.62. The zero-order valence-corrected chi connectivity index (χ0v) is 7.75. The fourth-order valence-corrected chi connectivity index (χ4v) is 1.17. The average Bonchev–Trinajstić information content (AvgIpc) is 2.03. The Hall–Kier alpha value is -0.890. The Balaban J connectivity index is 2.57. The van der Waals surface area contributed by atoms with E-state index in [1.807, 2.05) is 19.3 Å². The highest BCUT2D eigenvalue weighted by Gasteiger charge is 1.99. The van der Waals surface area contributed by atoms with Gasteiger partial charge in [0, 0.05) is 18.4 Å². The molecule has 0 aliphatic rings. The summed E-state index contributed by atoms with van der Waals surface area (Å²) < 4.78 is 0. The molecule has 12 heavy (non-hydrogen) atoms. The summed E-state index contributed by atoms with van der Waals surface area (Å²) in [6.07, 6.45) is 5.84. The molecule has 0 fully saturated rings. The number of aryl methyl sites for hydroxylation is 2. The van der Waals surface area contributed by atoms with Gasteiger partial charge < -0.3 is 5.73 Å².